The Labute approximate surface area is 193 Å². The van der Waals surface area contributed by atoms with E-state index in [9.17, 15) is 30.7 Å². The zero-order valence-electron chi connectivity index (χ0n) is 17.0. The minimum Gasteiger partial charge on any atom is -0.340 e. The molecule has 0 unspecified atom stereocenters. The van der Waals surface area contributed by atoms with Crippen molar-refractivity contribution in [3.05, 3.63) is 68.8 Å². The lowest BCUT2D eigenvalue weighted by Crippen LogP contribution is -2.58. The fraction of sp³-hybridized carbons (Fsp3) is 0.286. The molecule has 1 N–H and O–H groups in total. The van der Waals surface area contributed by atoms with Crippen LogP contribution < -0.4 is 5.43 Å². The lowest BCUT2D eigenvalue weighted by molar-refractivity contribution is -0.361. The standard InChI is InChI=1S/C21H16Cl2F7N3/c1-11-4-3-5-15-16(9-31-32-21(29,30)19(24,25)20(26,27)28)12(2)33(18(11)15)10-13-6-7-14(22)8-17(13)23/h3-9,32H,10H2,1-2H3/b31-9+. The summed E-state index contributed by atoms with van der Waals surface area (Å²) in [6.07, 6.45) is -5.67. The van der Waals surface area contributed by atoms with Gasteiger partial charge in [0.1, 0.15) is 0 Å². The van der Waals surface area contributed by atoms with Gasteiger partial charge in [-0.15, -0.1) is 0 Å². The van der Waals surface area contributed by atoms with E-state index in [0.717, 1.165) is 11.8 Å². The molecule has 0 saturated heterocycles. The maximum Gasteiger partial charge on any atom is 0.462 e. The molecule has 178 valence electrons. The topological polar surface area (TPSA) is 29.3 Å². The SMILES string of the molecule is Cc1cccc2c(/C=N/NC(F)(F)C(F)(F)C(F)(F)F)c(C)n(Cc3ccc(Cl)cc3Cl)c12. The molecule has 0 amide bonds. The van der Waals surface area contributed by atoms with Crippen LogP contribution in [-0.4, -0.2) is 28.9 Å². The average Bonchev–Trinajstić information content (AvgIpc) is 2.95. The second-order valence-corrected chi connectivity index (χ2v) is 8.15. The van der Waals surface area contributed by atoms with Crippen LogP contribution in [0.2, 0.25) is 10.0 Å². The van der Waals surface area contributed by atoms with Gasteiger partial charge in [-0.3, -0.25) is 0 Å². The molecule has 0 saturated carbocycles. The molecule has 0 spiro atoms. The summed E-state index contributed by atoms with van der Waals surface area (Å²) in [5.41, 5.74) is 3.61. The summed E-state index contributed by atoms with van der Waals surface area (Å²) >= 11 is 12.2. The van der Waals surface area contributed by atoms with E-state index in [1.807, 2.05) is 4.57 Å². The molecule has 33 heavy (non-hydrogen) atoms. The fourth-order valence-electron chi connectivity index (χ4n) is 3.35. The molecule has 3 aromatic rings. The molecule has 12 heteroatoms. The van der Waals surface area contributed by atoms with Crippen molar-refractivity contribution in [2.75, 3.05) is 0 Å². The van der Waals surface area contributed by atoms with Gasteiger partial charge in [0.05, 0.1) is 11.7 Å². The van der Waals surface area contributed by atoms with Crippen molar-refractivity contribution in [1.29, 1.82) is 0 Å². The van der Waals surface area contributed by atoms with Gasteiger partial charge >= 0.3 is 18.1 Å². The number of rotatable bonds is 6. The van der Waals surface area contributed by atoms with E-state index in [2.05, 4.69) is 5.10 Å². The van der Waals surface area contributed by atoms with E-state index < -0.39 is 18.1 Å². The van der Waals surface area contributed by atoms with Crippen LogP contribution in [0.1, 0.15) is 22.4 Å². The van der Waals surface area contributed by atoms with Gasteiger partial charge in [-0.1, -0.05) is 47.5 Å². The Bertz CT molecular complexity index is 1220. The summed E-state index contributed by atoms with van der Waals surface area (Å²) in [6, 6.07) is 4.41. The lowest BCUT2D eigenvalue weighted by Gasteiger charge is -2.27. The van der Waals surface area contributed by atoms with E-state index in [0.29, 0.717) is 37.6 Å². The highest BCUT2D eigenvalue weighted by Gasteiger charge is 2.73. The molecule has 3 nitrogen and oxygen atoms in total. The number of benzene rings is 2. The van der Waals surface area contributed by atoms with Gasteiger partial charge in [0.25, 0.3) is 0 Å². The zero-order valence-corrected chi connectivity index (χ0v) is 18.6. The van der Waals surface area contributed by atoms with E-state index in [-0.39, 0.29) is 12.1 Å². The summed E-state index contributed by atoms with van der Waals surface area (Å²) in [6.45, 7) is 3.69. The van der Waals surface area contributed by atoms with Gasteiger partial charge in [0.2, 0.25) is 0 Å². The Kier molecular flexibility index (Phi) is 6.65. The maximum absolute atomic E-state index is 13.5. The third kappa shape index (κ3) is 4.63. The number of nitrogens with zero attached hydrogens (tertiary/aromatic N) is 2. The summed E-state index contributed by atoms with van der Waals surface area (Å²) in [7, 11) is 0. The number of hydrazone groups is 1. The van der Waals surface area contributed by atoms with Crippen molar-refractivity contribution in [1.82, 2.24) is 9.99 Å². The Morgan fingerprint density at radius 2 is 1.67 bits per heavy atom. The van der Waals surface area contributed by atoms with Crippen LogP contribution in [0, 0.1) is 13.8 Å². The van der Waals surface area contributed by atoms with Crippen molar-refractivity contribution < 1.29 is 30.7 Å². The van der Waals surface area contributed by atoms with E-state index in [1.54, 1.807) is 50.2 Å². The molecule has 2 aromatic carbocycles. The van der Waals surface area contributed by atoms with Crippen molar-refractivity contribution >= 4 is 40.3 Å². The van der Waals surface area contributed by atoms with Crippen molar-refractivity contribution in [2.24, 2.45) is 5.10 Å². The smallest absolute Gasteiger partial charge is 0.340 e. The minimum atomic E-state index is -6.46. The van der Waals surface area contributed by atoms with Crippen molar-refractivity contribution in [3.63, 3.8) is 0 Å². The highest BCUT2D eigenvalue weighted by molar-refractivity contribution is 6.35. The van der Waals surface area contributed by atoms with Crippen LogP contribution in [0.25, 0.3) is 10.9 Å². The number of nitrogens with one attached hydrogen (secondary N) is 1. The van der Waals surface area contributed by atoms with Gasteiger partial charge in [-0.2, -0.15) is 35.8 Å². The Hall–Kier alpha value is -2.46. The molecule has 0 fully saturated rings. The second-order valence-electron chi connectivity index (χ2n) is 7.31. The number of aromatic nitrogens is 1. The van der Waals surface area contributed by atoms with Crippen LogP contribution in [0.5, 0.6) is 0 Å². The monoisotopic (exact) mass is 513 g/mol. The van der Waals surface area contributed by atoms with Crippen LogP contribution in [0.3, 0.4) is 0 Å². The predicted molar refractivity (Wildman–Crippen MR) is 114 cm³/mol. The molecule has 0 bridgehead atoms. The number of fused-ring (bicyclic) bond motifs is 1. The quantitative estimate of drug-likeness (QED) is 0.159. The first kappa shape index (κ1) is 25.2. The normalized spacial score (nSPS) is 13.3. The van der Waals surface area contributed by atoms with Gasteiger partial charge in [-0.05, 0) is 37.1 Å². The van der Waals surface area contributed by atoms with Gasteiger partial charge in [0, 0.05) is 33.2 Å². The Balaban J connectivity index is 2.03. The van der Waals surface area contributed by atoms with Crippen LogP contribution in [-0.2, 0) is 6.54 Å². The van der Waals surface area contributed by atoms with Gasteiger partial charge in [-0.25, -0.2) is 5.43 Å². The first-order valence-corrected chi connectivity index (χ1v) is 10.1. The lowest BCUT2D eigenvalue weighted by atomic mass is 10.1. The van der Waals surface area contributed by atoms with E-state index >= 15 is 0 Å². The number of para-hydroxylation sites is 1. The number of aryl methyl sites for hydroxylation is 1. The first-order chi connectivity index (χ1) is 15.2. The van der Waals surface area contributed by atoms with Crippen molar-refractivity contribution in [2.45, 2.75) is 38.5 Å². The Morgan fingerprint density at radius 1 is 1.00 bits per heavy atom. The molecule has 1 aromatic heterocycles. The van der Waals surface area contributed by atoms with Crippen molar-refractivity contribution in [3.8, 4) is 0 Å². The van der Waals surface area contributed by atoms with Gasteiger partial charge < -0.3 is 4.57 Å². The highest BCUT2D eigenvalue weighted by Crippen LogP contribution is 2.45. The number of halogens is 9. The Morgan fingerprint density at radius 3 is 2.27 bits per heavy atom. The molecule has 0 radical (unpaired) electrons. The van der Waals surface area contributed by atoms with E-state index in [1.165, 1.54) is 0 Å². The summed E-state index contributed by atoms with van der Waals surface area (Å²) in [5.74, 6) is -6.32. The molecule has 0 atom stereocenters. The third-order valence-electron chi connectivity index (χ3n) is 5.09. The maximum atomic E-state index is 13.5. The molecule has 3 rings (SSSR count). The van der Waals surface area contributed by atoms with Crippen LogP contribution in [0.15, 0.2) is 41.5 Å². The number of hydrogen-bond donors (Lipinski definition) is 1. The molecular formula is C21H16Cl2F7N3. The largest absolute Gasteiger partial charge is 0.462 e. The minimum absolute atomic E-state index is 0.257. The summed E-state index contributed by atoms with van der Waals surface area (Å²) in [4.78, 5) is 0. The molecular weight excluding hydrogens is 498 g/mol. The highest BCUT2D eigenvalue weighted by atomic mass is 35.5. The van der Waals surface area contributed by atoms with Gasteiger partial charge in [0.15, 0.2) is 0 Å². The summed E-state index contributed by atoms with van der Waals surface area (Å²) < 4.78 is 92.0. The third-order valence-corrected chi connectivity index (χ3v) is 5.67. The molecule has 0 aliphatic heterocycles. The first-order valence-electron chi connectivity index (χ1n) is 9.32. The van der Waals surface area contributed by atoms with Crippen LogP contribution >= 0.6 is 23.2 Å². The average molecular weight is 514 g/mol. The fourth-order valence-corrected chi connectivity index (χ4v) is 3.82. The number of hydrogen-bond acceptors (Lipinski definition) is 2. The predicted octanol–water partition coefficient (Wildman–Crippen LogP) is 7.33. The molecule has 0 aliphatic carbocycles. The second kappa shape index (κ2) is 8.72. The molecule has 0 aliphatic rings. The summed E-state index contributed by atoms with van der Waals surface area (Å²) in [5, 5.41) is 4.38. The van der Waals surface area contributed by atoms with Crippen LogP contribution in [0.4, 0.5) is 30.7 Å². The number of alkyl halides is 7. The zero-order chi connectivity index (χ0) is 24.8. The molecule has 1 heterocycles. The van der Waals surface area contributed by atoms with E-state index in [4.69, 9.17) is 23.2 Å².